The molecule has 128 valence electrons. The van der Waals surface area contributed by atoms with Gasteiger partial charge in [-0.1, -0.05) is 30.4 Å². The lowest BCUT2D eigenvalue weighted by Crippen LogP contribution is -2.29. The summed E-state index contributed by atoms with van der Waals surface area (Å²) in [5.74, 6) is 1.39. The fourth-order valence-corrected chi connectivity index (χ4v) is 2.81. The van der Waals surface area contributed by atoms with E-state index in [2.05, 4.69) is 4.90 Å². The molecule has 1 heterocycles. The number of rotatable bonds is 5. The van der Waals surface area contributed by atoms with Crippen molar-refractivity contribution in [2.75, 3.05) is 13.7 Å². The average molecular weight is 337 g/mol. The molecule has 0 saturated carbocycles. The van der Waals surface area contributed by atoms with Gasteiger partial charge in [-0.2, -0.15) is 0 Å². The quantitative estimate of drug-likeness (QED) is 0.667. The lowest BCUT2D eigenvalue weighted by molar-refractivity contribution is -0.384. The molecule has 0 unspecified atom stereocenters. The van der Waals surface area contributed by atoms with Gasteiger partial charge in [-0.25, -0.2) is 0 Å². The van der Waals surface area contributed by atoms with Crippen molar-refractivity contribution in [1.29, 1.82) is 0 Å². The van der Waals surface area contributed by atoms with Crippen molar-refractivity contribution in [1.82, 2.24) is 4.90 Å². The van der Waals surface area contributed by atoms with Crippen LogP contribution in [-0.2, 0) is 6.54 Å². The number of ether oxygens (including phenoxy) is 1. The summed E-state index contributed by atoms with van der Waals surface area (Å²) in [6, 6.07) is 12.4. The molecular weight excluding hydrogens is 318 g/mol. The van der Waals surface area contributed by atoms with Crippen LogP contribution in [0.5, 0.6) is 5.75 Å². The van der Waals surface area contributed by atoms with Gasteiger partial charge < -0.3 is 15.4 Å². The van der Waals surface area contributed by atoms with E-state index < -0.39 is 4.92 Å². The molecule has 0 aliphatic carbocycles. The maximum atomic E-state index is 11.0. The van der Waals surface area contributed by atoms with Crippen LogP contribution in [0.25, 0.3) is 11.1 Å². The van der Waals surface area contributed by atoms with E-state index in [0.29, 0.717) is 12.3 Å². The van der Waals surface area contributed by atoms with Crippen LogP contribution in [0.1, 0.15) is 5.56 Å². The Balaban J connectivity index is 1.95. The number of non-ortho nitro benzene ring substituents is 1. The Morgan fingerprint density at radius 1 is 1.28 bits per heavy atom. The SMILES string of the molecule is COc1ccc(CN2CC=CC=C2N)cc1-c1cccc([N+](=O)[O-])c1. The molecule has 2 aromatic carbocycles. The molecule has 3 rings (SSSR count). The summed E-state index contributed by atoms with van der Waals surface area (Å²) in [6.45, 7) is 1.40. The molecule has 6 heteroatoms. The molecule has 0 bridgehead atoms. The number of allylic oxidation sites excluding steroid dienone is 2. The van der Waals surface area contributed by atoms with E-state index in [1.807, 2.05) is 42.5 Å². The normalized spacial score (nSPS) is 13.5. The minimum absolute atomic E-state index is 0.0540. The number of nitro groups is 1. The van der Waals surface area contributed by atoms with Gasteiger partial charge in [-0.15, -0.1) is 0 Å². The summed E-state index contributed by atoms with van der Waals surface area (Å²) in [6.07, 6.45) is 5.85. The van der Waals surface area contributed by atoms with Gasteiger partial charge >= 0.3 is 0 Å². The van der Waals surface area contributed by atoms with Crippen molar-refractivity contribution in [3.8, 4) is 16.9 Å². The van der Waals surface area contributed by atoms with E-state index in [-0.39, 0.29) is 5.69 Å². The molecule has 2 aromatic rings. The van der Waals surface area contributed by atoms with Gasteiger partial charge in [0.25, 0.3) is 5.69 Å². The van der Waals surface area contributed by atoms with Crippen LogP contribution in [0, 0.1) is 10.1 Å². The first-order valence-corrected chi connectivity index (χ1v) is 7.87. The zero-order valence-corrected chi connectivity index (χ0v) is 13.9. The Morgan fingerprint density at radius 2 is 2.12 bits per heavy atom. The van der Waals surface area contributed by atoms with Crippen molar-refractivity contribution < 1.29 is 9.66 Å². The zero-order valence-electron chi connectivity index (χ0n) is 13.9. The molecule has 1 aliphatic heterocycles. The molecule has 0 amide bonds. The first kappa shape index (κ1) is 16.6. The highest BCUT2D eigenvalue weighted by molar-refractivity contribution is 5.73. The van der Waals surface area contributed by atoms with Crippen LogP contribution in [0.4, 0.5) is 5.69 Å². The van der Waals surface area contributed by atoms with Crippen LogP contribution in [-0.4, -0.2) is 23.5 Å². The highest BCUT2D eigenvalue weighted by atomic mass is 16.6. The fourth-order valence-electron chi connectivity index (χ4n) is 2.81. The number of hydrogen-bond donors (Lipinski definition) is 1. The molecule has 0 atom stereocenters. The van der Waals surface area contributed by atoms with Gasteiger partial charge in [-0.3, -0.25) is 10.1 Å². The standard InChI is InChI=1S/C19H19N3O3/c1-25-18-9-8-14(13-21-10-3-2-7-19(21)20)11-17(18)15-5-4-6-16(12-15)22(23)24/h2-9,11-12H,10,13,20H2,1H3. The molecule has 0 aromatic heterocycles. The molecule has 2 N–H and O–H groups in total. The largest absolute Gasteiger partial charge is 0.496 e. The number of nitrogens with two attached hydrogens (primary N) is 1. The fraction of sp³-hybridized carbons (Fsp3) is 0.158. The Labute approximate surface area is 146 Å². The highest BCUT2D eigenvalue weighted by Gasteiger charge is 2.14. The smallest absolute Gasteiger partial charge is 0.270 e. The van der Waals surface area contributed by atoms with Gasteiger partial charge in [0.15, 0.2) is 0 Å². The Morgan fingerprint density at radius 3 is 2.84 bits per heavy atom. The topological polar surface area (TPSA) is 81.6 Å². The van der Waals surface area contributed by atoms with Crippen LogP contribution in [0.15, 0.2) is 66.5 Å². The summed E-state index contributed by atoms with van der Waals surface area (Å²) in [5.41, 5.74) is 8.69. The van der Waals surface area contributed by atoms with E-state index in [4.69, 9.17) is 10.5 Å². The Hall–Kier alpha value is -3.28. The van der Waals surface area contributed by atoms with Gasteiger partial charge in [0, 0.05) is 30.8 Å². The maximum absolute atomic E-state index is 11.0. The van der Waals surface area contributed by atoms with E-state index in [1.165, 1.54) is 6.07 Å². The second-order valence-electron chi connectivity index (χ2n) is 5.74. The van der Waals surface area contributed by atoms with Gasteiger partial charge in [-0.05, 0) is 29.3 Å². The van der Waals surface area contributed by atoms with Gasteiger partial charge in [0.05, 0.1) is 17.9 Å². The summed E-state index contributed by atoms with van der Waals surface area (Å²) in [7, 11) is 1.59. The summed E-state index contributed by atoms with van der Waals surface area (Å²) in [5, 5.41) is 11.0. The lowest BCUT2D eigenvalue weighted by Gasteiger charge is -2.25. The summed E-state index contributed by atoms with van der Waals surface area (Å²) in [4.78, 5) is 12.7. The lowest BCUT2D eigenvalue weighted by atomic mass is 10.0. The van der Waals surface area contributed by atoms with Crippen molar-refractivity contribution in [3.63, 3.8) is 0 Å². The van der Waals surface area contributed by atoms with E-state index in [1.54, 1.807) is 19.2 Å². The molecule has 0 spiro atoms. The average Bonchev–Trinajstić information content (AvgIpc) is 2.63. The van der Waals surface area contributed by atoms with Gasteiger partial charge in [0.1, 0.15) is 5.75 Å². The number of nitrogens with zero attached hydrogens (tertiary/aromatic N) is 2. The van der Waals surface area contributed by atoms with E-state index in [9.17, 15) is 10.1 Å². The molecule has 25 heavy (non-hydrogen) atoms. The number of hydrogen-bond acceptors (Lipinski definition) is 5. The number of benzene rings is 2. The molecular formula is C19H19N3O3. The first-order valence-electron chi connectivity index (χ1n) is 7.87. The predicted octanol–water partition coefficient (Wildman–Crippen LogP) is 3.44. The molecule has 0 saturated heterocycles. The van der Waals surface area contributed by atoms with Crippen LogP contribution < -0.4 is 10.5 Å². The van der Waals surface area contributed by atoms with Crippen molar-refractivity contribution in [3.05, 3.63) is 82.2 Å². The zero-order chi connectivity index (χ0) is 17.8. The molecule has 0 fully saturated rings. The second-order valence-corrected chi connectivity index (χ2v) is 5.74. The van der Waals surface area contributed by atoms with E-state index >= 15 is 0 Å². The van der Waals surface area contributed by atoms with Crippen LogP contribution in [0.3, 0.4) is 0 Å². The summed E-state index contributed by atoms with van der Waals surface area (Å²) >= 11 is 0. The Kier molecular flexibility index (Phi) is 4.70. The predicted molar refractivity (Wildman–Crippen MR) is 96.9 cm³/mol. The van der Waals surface area contributed by atoms with Crippen molar-refractivity contribution in [2.45, 2.75) is 6.54 Å². The molecule has 6 nitrogen and oxygen atoms in total. The van der Waals surface area contributed by atoms with E-state index in [0.717, 1.165) is 29.1 Å². The third kappa shape index (κ3) is 3.63. The molecule has 0 radical (unpaired) electrons. The Bertz CT molecular complexity index is 859. The van der Waals surface area contributed by atoms with Crippen LogP contribution in [0.2, 0.25) is 0 Å². The minimum atomic E-state index is -0.397. The van der Waals surface area contributed by atoms with Gasteiger partial charge in [0.2, 0.25) is 0 Å². The minimum Gasteiger partial charge on any atom is -0.496 e. The van der Waals surface area contributed by atoms with Crippen molar-refractivity contribution in [2.24, 2.45) is 5.73 Å². The molecule has 1 aliphatic rings. The third-order valence-corrected chi connectivity index (χ3v) is 4.10. The first-order chi connectivity index (χ1) is 12.1. The number of nitro benzene ring substituents is 1. The second kappa shape index (κ2) is 7.09. The maximum Gasteiger partial charge on any atom is 0.270 e. The van der Waals surface area contributed by atoms with Crippen molar-refractivity contribution >= 4 is 5.69 Å². The number of methoxy groups -OCH3 is 1. The third-order valence-electron chi connectivity index (χ3n) is 4.10. The van der Waals surface area contributed by atoms with Crippen LogP contribution >= 0.6 is 0 Å². The summed E-state index contributed by atoms with van der Waals surface area (Å²) < 4.78 is 5.44. The monoisotopic (exact) mass is 337 g/mol. The highest BCUT2D eigenvalue weighted by Crippen LogP contribution is 2.33.